The van der Waals surface area contributed by atoms with Gasteiger partial charge in [0.1, 0.15) is 0 Å². The second-order valence-electron chi connectivity index (χ2n) is 4.99. The Kier molecular flexibility index (Phi) is 6.45. The van der Waals surface area contributed by atoms with Crippen molar-refractivity contribution in [2.24, 2.45) is 0 Å². The van der Waals surface area contributed by atoms with Crippen molar-refractivity contribution in [3.05, 3.63) is 52.8 Å². The minimum Gasteiger partial charge on any atom is -0.465 e. The molecule has 1 aromatic carbocycles. The molecule has 0 saturated carbocycles. The van der Waals surface area contributed by atoms with Crippen LogP contribution < -0.4 is 10.6 Å². The van der Waals surface area contributed by atoms with Gasteiger partial charge in [0, 0.05) is 6.20 Å². The van der Waals surface area contributed by atoms with Crippen LogP contribution in [0.25, 0.3) is 0 Å². The van der Waals surface area contributed by atoms with Gasteiger partial charge in [-0.3, -0.25) is 9.59 Å². The highest BCUT2D eigenvalue weighted by atomic mass is 35.5. The lowest BCUT2D eigenvalue weighted by Crippen LogP contribution is -2.30. The highest BCUT2D eigenvalue weighted by Gasteiger charge is 2.21. The third-order valence-corrected chi connectivity index (χ3v) is 3.61. The third kappa shape index (κ3) is 4.79. The molecule has 1 heterocycles. The summed E-state index contributed by atoms with van der Waals surface area (Å²) in [6.07, 6.45) is 1.42. The number of carbonyl (C=O) groups is 4. The number of aromatic nitrogens is 1. The summed E-state index contributed by atoms with van der Waals surface area (Å²) in [5, 5.41) is 4.55. The third-order valence-electron chi connectivity index (χ3n) is 3.31. The highest BCUT2D eigenvalue weighted by molar-refractivity contribution is 6.45. The topological polar surface area (TPSA) is 124 Å². The molecule has 0 aliphatic heterocycles. The summed E-state index contributed by atoms with van der Waals surface area (Å²) >= 11 is 5.82. The molecule has 2 rings (SSSR count). The molecule has 0 saturated heterocycles. The summed E-state index contributed by atoms with van der Waals surface area (Å²) in [7, 11) is 2.33. The van der Waals surface area contributed by atoms with Crippen molar-refractivity contribution in [3.63, 3.8) is 0 Å². The van der Waals surface area contributed by atoms with Crippen LogP contribution in [-0.2, 0) is 19.1 Å². The molecule has 0 aliphatic carbocycles. The summed E-state index contributed by atoms with van der Waals surface area (Å²) in [5.74, 6) is -3.60. The first kappa shape index (κ1) is 19.9. The van der Waals surface area contributed by atoms with Crippen molar-refractivity contribution in [2.45, 2.75) is 0 Å². The zero-order chi connectivity index (χ0) is 20.0. The van der Waals surface area contributed by atoms with Crippen molar-refractivity contribution in [1.29, 1.82) is 0 Å². The van der Waals surface area contributed by atoms with Crippen LogP contribution in [0.4, 0.5) is 11.4 Å². The quantitative estimate of drug-likeness (QED) is 0.463. The minimum absolute atomic E-state index is 0.00147. The number of carbonyl (C=O) groups excluding carboxylic acids is 4. The Hall–Kier alpha value is -3.46. The van der Waals surface area contributed by atoms with E-state index in [0.29, 0.717) is 0 Å². The van der Waals surface area contributed by atoms with Crippen molar-refractivity contribution >= 4 is 46.7 Å². The predicted octanol–water partition coefficient (Wildman–Crippen LogP) is 1.89. The van der Waals surface area contributed by atoms with Crippen LogP contribution in [0.15, 0.2) is 36.5 Å². The van der Waals surface area contributed by atoms with E-state index < -0.39 is 23.8 Å². The number of benzene rings is 1. The first-order valence-electron chi connectivity index (χ1n) is 7.41. The molecule has 0 fully saturated rings. The molecule has 0 aliphatic rings. The lowest BCUT2D eigenvalue weighted by molar-refractivity contribution is -0.133. The first-order chi connectivity index (χ1) is 12.9. The van der Waals surface area contributed by atoms with Crippen molar-refractivity contribution in [1.82, 2.24) is 4.98 Å². The van der Waals surface area contributed by atoms with Crippen LogP contribution in [-0.4, -0.2) is 43.0 Å². The Bertz CT molecular complexity index is 915. The summed E-state index contributed by atoms with van der Waals surface area (Å²) in [6.45, 7) is 0. The SMILES string of the molecule is COC(=O)c1ccc(C(=O)OC)c(NC(=O)C(=O)Nc2cccnc2Cl)c1. The molecule has 0 atom stereocenters. The summed E-state index contributed by atoms with van der Waals surface area (Å²) < 4.78 is 9.22. The van der Waals surface area contributed by atoms with Gasteiger partial charge in [-0.05, 0) is 30.3 Å². The number of rotatable bonds is 4. The average molecular weight is 392 g/mol. The molecule has 2 N–H and O–H groups in total. The predicted molar refractivity (Wildman–Crippen MR) is 95.6 cm³/mol. The fourth-order valence-electron chi connectivity index (χ4n) is 2.02. The van der Waals surface area contributed by atoms with Gasteiger partial charge in [-0.15, -0.1) is 0 Å². The lowest BCUT2D eigenvalue weighted by Gasteiger charge is -2.11. The number of hydrogen-bond acceptors (Lipinski definition) is 7. The Morgan fingerprint density at radius 2 is 1.56 bits per heavy atom. The van der Waals surface area contributed by atoms with Gasteiger partial charge in [0.15, 0.2) is 5.15 Å². The smallest absolute Gasteiger partial charge is 0.339 e. The maximum atomic E-state index is 12.2. The fourth-order valence-corrected chi connectivity index (χ4v) is 2.18. The van der Waals surface area contributed by atoms with Crippen LogP contribution in [0.2, 0.25) is 5.15 Å². The summed E-state index contributed by atoms with van der Waals surface area (Å²) in [5.41, 5.74) is 0.0554. The van der Waals surface area contributed by atoms with Gasteiger partial charge < -0.3 is 20.1 Å². The molecular weight excluding hydrogens is 378 g/mol. The number of ether oxygens (including phenoxy) is 2. The molecule has 0 spiro atoms. The summed E-state index contributed by atoms with van der Waals surface area (Å²) in [6, 6.07) is 6.76. The first-order valence-corrected chi connectivity index (χ1v) is 7.78. The van der Waals surface area contributed by atoms with Gasteiger partial charge >= 0.3 is 23.8 Å². The zero-order valence-corrected chi connectivity index (χ0v) is 15.0. The number of hydrogen-bond donors (Lipinski definition) is 2. The Balaban J connectivity index is 2.26. The van der Waals surface area contributed by atoms with E-state index in [1.807, 2.05) is 0 Å². The van der Waals surface area contributed by atoms with E-state index in [0.717, 1.165) is 7.11 Å². The van der Waals surface area contributed by atoms with E-state index in [2.05, 4.69) is 25.1 Å². The second kappa shape index (κ2) is 8.77. The fraction of sp³-hybridized carbons (Fsp3) is 0.118. The largest absolute Gasteiger partial charge is 0.465 e. The number of anilines is 2. The maximum Gasteiger partial charge on any atom is 0.339 e. The van der Waals surface area contributed by atoms with Crippen LogP contribution >= 0.6 is 11.6 Å². The van der Waals surface area contributed by atoms with Gasteiger partial charge in [0.2, 0.25) is 0 Å². The lowest BCUT2D eigenvalue weighted by atomic mass is 10.1. The second-order valence-corrected chi connectivity index (χ2v) is 5.35. The number of halogens is 1. The van der Waals surface area contributed by atoms with Crippen LogP contribution in [0.3, 0.4) is 0 Å². The molecular formula is C17H14ClN3O6. The normalized spacial score (nSPS) is 9.89. The molecule has 140 valence electrons. The molecule has 0 unspecified atom stereocenters. The van der Waals surface area contributed by atoms with Gasteiger partial charge in [-0.25, -0.2) is 14.6 Å². The van der Waals surface area contributed by atoms with E-state index in [-0.39, 0.29) is 27.7 Å². The summed E-state index contributed by atoms with van der Waals surface area (Å²) in [4.78, 5) is 51.6. The molecule has 27 heavy (non-hydrogen) atoms. The molecule has 1 aromatic heterocycles. The Labute approximate surface area is 158 Å². The van der Waals surface area contributed by atoms with Crippen molar-refractivity contribution in [2.75, 3.05) is 24.9 Å². The molecule has 0 radical (unpaired) electrons. The highest BCUT2D eigenvalue weighted by Crippen LogP contribution is 2.21. The van der Waals surface area contributed by atoms with Crippen molar-refractivity contribution < 1.29 is 28.7 Å². The van der Waals surface area contributed by atoms with Crippen LogP contribution in [0.1, 0.15) is 20.7 Å². The van der Waals surface area contributed by atoms with Crippen LogP contribution in [0, 0.1) is 0 Å². The Morgan fingerprint density at radius 1 is 0.926 bits per heavy atom. The zero-order valence-electron chi connectivity index (χ0n) is 14.2. The molecule has 0 bridgehead atoms. The molecule has 2 aromatic rings. The van der Waals surface area contributed by atoms with Gasteiger partial charge in [-0.1, -0.05) is 11.6 Å². The van der Waals surface area contributed by atoms with Gasteiger partial charge in [0.25, 0.3) is 0 Å². The minimum atomic E-state index is -1.10. The van der Waals surface area contributed by atoms with Gasteiger partial charge in [0.05, 0.1) is 36.7 Å². The monoisotopic (exact) mass is 391 g/mol. The number of nitrogens with zero attached hydrogens (tertiary/aromatic N) is 1. The van der Waals surface area contributed by atoms with Crippen LogP contribution in [0.5, 0.6) is 0 Å². The van der Waals surface area contributed by atoms with E-state index >= 15 is 0 Å². The number of pyridine rings is 1. The number of methoxy groups -OCH3 is 2. The van der Waals surface area contributed by atoms with Gasteiger partial charge in [-0.2, -0.15) is 0 Å². The number of nitrogens with one attached hydrogen (secondary N) is 2. The molecule has 9 nitrogen and oxygen atoms in total. The maximum absolute atomic E-state index is 12.2. The van der Waals surface area contributed by atoms with E-state index in [9.17, 15) is 19.2 Å². The van der Waals surface area contributed by atoms with E-state index in [4.69, 9.17) is 11.6 Å². The van der Waals surface area contributed by atoms with E-state index in [1.54, 1.807) is 0 Å². The number of esters is 2. The van der Waals surface area contributed by atoms with E-state index in [1.165, 1.54) is 43.6 Å². The molecule has 10 heteroatoms. The van der Waals surface area contributed by atoms with Crippen molar-refractivity contribution in [3.8, 4) is 0 Å². The number of amides is 2. The average Bonchev–Trinajstić information content (AvgIpc) is 2.68. The Morgan fingerprint density at radius 3 is 2.15 bits per heavy atom. The molecule has 2 amide bonds. The standard InChI is InChI=1S/C17H14ClN3O6/c1-26-16(24)9-5-6-10(17(25)27-2)12(8-9)21-15(23)14(22)20-11-4-3-7-19-13(11)18/h3-8H,1-2H3,(H,20,22)(H,21,23).